The molecule has 0 spiro atoms. The van der Waals surface area contributed by atoms with Crippen LogP contribution in [0.25, 0.3) is 11.4 Å². The summed E-state index contributed by atoms with van der Waals surface area (Å²) in [4.78, 5) is 20.9. The Kier molecular flexibility index (Phi) is 5.96. The van der Waals surface area contributed by atoms with Crippen LogP contribution in [0.2, 0.25) is 0 Å². The zero-order valence-corrected chi connectivity index (χ0v) is 15.3. The average molecular weight is 335 g/mol. The number of carbonyl (C=O) groups excluding carboxylic acids is 1. The first kappa shape index (κ1) is 17.7. The second kappa shape index (κ2) is 7.75. The van der Waals surface area contributed by atoms with Crippen LogP contribution >= 0.6 is 11.3 Å². The highest BCUT2D eigenvalue weighted by Crippen LogP contribution is 2.33. The number of rotatable bonds is 8. The van der Waals surface area contributed by atoms with Crippen molar-refractivity contribution in [2.45, 2.75) is 41.0 Å². The van der Waals surface area contributed by atoms with E-state index in [4.69, 9.17) is 9.72 Å². The standard InChI is InChI=1S/C17H25N3O2S/c1-6-22-9-7-8-18-17-20-16(13(5)23-17)15-10(2)14(12(4)21)11(3)19-15/h19H,6-9H2,1-5H3,(H,18,20). The van der Waals surface area contributed by atoms with Gasteiger partial charge in [0.05, 0.1) is 5.69 Å². The van der Waals surface area contributed by atoms with Gasteiger partial charge < -0.3 is 15.0 Å². The summed E-state index contributed by atoms with van der Waals surface area (Å²) >= 11 is 1.64. The van der Waals surface area contributed by atoms with Crippen molar-refractivity contribution in [2.24, 2.45) is 0 Å². The fraction of sp³-hybridized carbons (Fsp3) is 0.529. The predicted molar refractivity (Wildman–Crippen MR) is 95.7 cm³/mol. The SMILES string of the molecule is CCOCCCNc1nc(-c2[nH]c(C)c(C(C)=O)c2C)c(C)s1. The number of thiazole rings is 1. The van der Waals surface area contributed by atoms with Crippen LogP contribution in [-0.2, 0) is 4.74 Å². The molecule has 23 heavy (non-hydrogen) atoms. The van der Waals surface area contributed by atoms with E-state index in [-0.39, 0.29) is 5.78 Å². The zero-order chi connectivity index (χ0) is 17.0. The number of hydrogen-bond donors (Lipinski definition) is 2. The van der Waals surface area contributed by atoms with E-state index >= 15 is 0 Å². The molecule has 2 rings (SSSR count). The number of nitrogens with one attached hydrogen (secondary N) is 2. The summed E-state index contributed by atoms with van der Waals surface area (Å²) in [6, 6.07) is 0. The van der Waals surface area contributed by atoms with Gasteiger partial charge in [0.1, 0.15) is 5.69 Å². The van der Waals surface area contributed by atoms with Crippen LogP contribution in [0, 0.1) is 20.8 Å². The molecule has 0 bridgehead atoms. The van der Waals surface area contributed by atoms with Crippen LogP contribution in [-0.4, -0.2) is 35.5 Å². The summed E-state index contributed by atoms with van der Waals surface area (Å²) in [5.74, 6) is 0.0876. The number of carbonyl (C=O) groups is 1. The molecule has 0 saturated heterocycles. The third-order valence-corrected chi connectivity index (χ3v) is 4.70. The highest BCUT2D eigenvalue weighted by Gasteiger charge is 2.19. The maximum Gasteiger partial charge on any atom is 0.183 e. The van der Waals surface area contributed by atoms with Gasteiger partial charge in [0, 0.05) is 35.9 Å². The fourth-order valence-electron chi connectivity index (χ4n) is 2.73. The van der Waals surface area contributed by atoms with Crippen molar-refractivity contribution >= 4 is 22.3 Å². The Morgan fingerprint density at radius 1 is 1.35 bits per heavy atom. The number of ether oxygens (including phenoxy) is 1. The monoisotopic (exact) mass is 335 g/mol. The van der Waals surface area contributed by atoms with Crippen LogP contribution < -0.4 is 5.32 Å². The van der Waals surface area contributed by atoms with Gasteiger partial charge in [-0.1, -0.05) is 0 Å². The predicted octanol–water partition coefficient (Wildman–Crippen LogP) is 4.10. The van der Waals surface area contributed by atoms with E-state index in [1.165, 1.54) is 0 Å². The number of aryl methyl sites for hydroxylation is 2. The van der Waals surface area contributed by atoms with E-state index < -0.39 is 0 Å². The number of nitrogens with zero attached hydrogens (tertiary/aromatic N) is 1. The van der Waals surface area contributed by atoms with Crippen molar-refractivity contribution in [1.29, 1.82) is 0 Å². The lowest BCUT2D eigenvalue weighted by atomic mass is 10.1. The van der Waals surface area contributed by atoms with Gasteiger partial charge in [-0.15, -0.1) is 11.3 Å². The van der Waals surface area contributed by atoms with E-state index in [0.29, 0.717) is 0 Å². The minimum absolute atomic E-state index is 0.0876. The maximum atomic E-state index is 11.8. The van der Waals surface area contributed by atoms with Gasteiger partial charge in [0.15, 0.2) is 10.9 Å². The number of ketones is 1. The third kappa shape index (κ3) is 4.00. The van der Waals surface area contributed by atoms with Crippen LogP contribution in [0.3, 0.4) is 0 Å². The lowest BCUT2D eigenvalue weighted by molar-refractivity contribution is 0.101. The van der Waals surface area contributed by atoms with Crippen LogP contribution in [0.15, 0.2) is 0 Å². The van der Waals surface area contributed by atoms with Crippen molar-refractivity contribution in [3.05, 3.63) is 21.7 Å². The Morgan fingerprint density at radius 3 is 2.70 bits per heavy atom. The maximum absolute atomic E-state index is 11.8. The molecule has 0 unspecified atom stereocenters. The molecule has 2 N–H and O–H groups in total. The Labute approximate surface area is 141 Å². The van der Waals surface area contributed by atoms with E-state index in [2.05, 4.69) is 17.2 Å². The van der Waals surface area contributed by atoms with Gasteiger partial charge in [-0.25, -0.2) is 4.98 Å². The lowest BCUT2D eigenvalue weighted by Crippen LogP contribution is -2.05. The molecular formula is C17H25N3O2S. The number of anilines is 1. The number of H-pyrrole nitrogens is 1. The summed E-state index contributed by atoms with van der Waals surface area (Å²) in [6.07, 6.45) is 0.955. The summed E-state index contributed by atoms with van der Waals surface area (Å²) in [5, 5.41) is 4.25. The first-order chi connectivity index (χ1) is 11.0. The summed E-state index contributed by atoms with van der Waals surface area (Å²) in [6.45, 7) is 11.9. The summed E-state index contributed by atoms with van der Waals surface area (Å²) in [7, 11) is 0. The minimum Gasteiger partial charge on any atom is -0.382 e. The van der Waals surface area contributed by atoms with E-state index in [1.807, 2.05) is 20.8 Å². The lowest BCUT2D eigenvalue weighted by Gasteiger charge is -2.02. The molecule has 0 atom stereocenters. The Balaban J connectivity index is 2.15. The Hall–Kier alpha value is -1.66. The first-order valence-electron chi connectivity index (χ1n) is 7.95. The molecule has 2 aromatic heterocycles. The summed E-state index contributed by atoms with van der Waals surface area (Å²) < 4.78 is 5.33. The van der Waals surface area contributed by atoms with Crippen molar-refractivity contribution in [1.82, 2.24) is 9.97 Å². The van der Waals surface area contributed by atoms with E-state index in [1.54, 1.807) is 18.3 Å². The second-order valence-corrected chi connectivity index (χ2v) is 6.79. The molecular weight excluding hydrogens is 310 g/mol. The molecule has 0 fully saturated rings. The molecule has 126 valence electrons. The third-order valence-electron chi connectivity index (χ3n) is 3.77. The highest BCUT2D eigenvalue weighted by atomic mass is 32.1. The summed E-state index contributed by atoms with van der Waals surface area (Å²) in [5.41, 5.74) is 4.53. The molecule has 6 heteroatoms. The van der Waals surface area contributed by atoms with E-state index in [0.717, 1.165) is 64.4 Å². The molecule has 0 radical (unpaired) electrons. The normalized spacial score (nSPS) is 11.0. The Bertz CT molecular complexity index is 688. The molecule has 0 amide bonds. The van der Waals surface area contributed by atoms with Gasteiger partial charge in [-0.2, -0.15) is 0 Å². The van der Waals surface area contributed by atoms with Gasteiger partial charge >= 0.3 is 0 Å². The van der Waals surface area contributed by atoms with Crippen LogP contribution in [0.5, 0.6) is 0 Å². The van der Waals surface area contributed by atoms with Crippen molar-refractivity contribution < 1.29 is 9.53 Å². The molecule has 0 aliphatic rings. The smallest absolute Gasteiger partial charge is 0.183 e. The van der Waals surface area contributed by atoms with Gasteiger partial charge in [-0.05, 0) is 46.6 Å². The van der Waals surface area contributed by atoms with Crippen molar-refractivity contribution in [3.63, 3.8) is 0 Å². The Morgan fingerprint density at radius 2 is 2.09 bits per heavy atom. The molecule has 2 heterocycles. The molecule has 0 saturated carbocycles. The average Bonchev–Trinajstić information content (AvgIpc) is 2.98. The minimum atomic E-state index is 0.0876. The second-order valence-electron chi connectivity index (χ2n) is 5.58. The number of aromatic nitrogens is 2. The fourth-order valence-corrected chi connectivity index (χ4v) is 3.58. The number of Topliss-reactive ketones (excluding diaryl/α,β-unsaturated/α-hetero) is 1. The molecule has 0 aromatic carbocycles. The molecule has 2 aromatic rings. The topological polar surface area (TPSA) is 67.0 Å². The van der Waals surface area contributed by atoms with Gasteiger partial charge in [0.25, 0.3) is 0 Å². The van der Waals surface area contributed by atoms with Gasteiger partial charge in [-0.3, -0.25) is 4.79 Å². The molecule has 5 nitrogen and oxygen atoms in total. The van der Waals surface area contributed by atoms with Crippen LogP contribution in [0.4, 0.5) is 5.13 Å². The van der Waals surface area contributed by atoms with Crippen LogP contribution in [0.1, 0.15) is 46.8 Å². The van der Waals surface area contributed by atoms with Crippen molar-refractivity contribution in [3.8, 4) is 11.4 Å². The number of aromatic amines is 1. The van der Waals surface area contributed by atoms with Crippen molar-refractivity contribution in [2.75, 3.05) is 25.1 Å². The highest BCUT2D eigenvalue weighted by molar-refractivity contribution is 7.16. The quantitative estimate of drug-likeness (QED) is 0.563. The first-order valence-corrected chi connectivity index (χ1v) is 8.76. The van der Waals surface area contributed by atoms with Gasteiger partial charge in [0.2, 0.25) is 0 Å². The number of hydrogen-bond acceptors (Lipinski definition) is 5. The van der Waals surface area contributed by atoms with E-state index in [9.17, 15) is 4.79 Å². The molecule has 0 aliphatic heterocycles. The molecule has 0 aliphatic carbocycles. The zero-order valence-electron chi connectivity index (χ0n) is 14.5. The largest absolute Gasteiger partial charge is 0.382 e.